The van der Waals surface area contributed by atoms with E-state index in [0.29, 0.717) is 0 Å². The van der Waals surface area contributed by atoms with Gasteiger partial charge in [0, 0.05) is 13.6 Å². The molecule has 0 spiro atoms. The molecule has 2 N–H and O–H groups in total. The molecule has 0 aliphatic rings. The molecule has 0 aliphatic heterocycles. The minimum absolute atomic E-state index is 0.0528. The second kappa shape index (κ2) is 6.78. The summed E-state index contributed by atoms with van der Waals surface area (Å²) >= 11 is 0. The van der Waals surface area contributed by atoms with Gasteiger partial charge in [-0.3, -0.25) is 4.79 Å². The lowest BCUT2D eigenvalue weighted by Crippen LogP contribution is -2.39. The van der Waals surface area contributed by atoms with E-state index < -0.39 is 5.97 Å². The van der Waals surface area contributed by atoms with Crippen LogP contribution < -0.4 is 5.32 Å². The predicted molar refractivity (Wildman–Crippen MR) is 73.0 cm³/mol. The third-order valence-electron chi connectivity index (χ3n) is 2.89. The Kier molecular flexibility index (Phi) is 5.36. The van der Waals surface area contributed by atoms with Crippen LogP contribution in [0.2, 0.25) is 0 Å². The van der Waals surface area contributed by atoms with Crippen LogP contribution in [0.15, 0.2) is 24.3 Å². The van der Waals surface area contributed by atoms with Crippen LogP contribution in [0.3, 0.4) is 0 Å². The molecule has 19 heavy (non-hydrogen) atoms. The van der Waals surface area contributed by atoms with Gasteiger partial charge in [-0.15, -0.1) is 0 Å². The molecule has 0 fully saturated rings. The van der Waals surface area contributed by atoms with Crippen LogP contribution in [0.25, 0.3) is 0 Å². The first kappa shape index (κ1) is 15.0. The quantitative estimate of drug-likeness (QED) is 0.856. The number of nitrogens with one attached hydrogen (secondary N) is 1. The van der Waals surface area contributed by atoms with Crippen LogP contribution in [0.5, 0.6) is 0 Å². The number of amides is 2. The Labute approximate surface area is 113 Å². The summed E-state index contributed by atoms with van der Waals surface area (Å²) in [5.74, 6) is -0.911. The number of aryl methyl sites for hydroxylation is 1. The van der Waals surface area contributed by atoms with Gasteiger partial charge in [0.15, 0.2) is 0 Å². The average Bonchev–Trinajstić information content (AvgIpc) is 2.35. The van der Waals surface area contributed by atoms with E-state index in [0.717, 1.165) is 11.1 Å². The maximum atomic E-state index is 11.8. The van der Waals surface area contributed by atoms with E-state index in [1.54, 1.807) is 7.05 Å². The Morgan fingerprint density at radius 2 is 2.11 bits per heavy atom. The molecule has 104 valence electrons. The third-order valence-corrected chi connectivity index (χ3v) is 2.89. The Morgan fingerprint density at radius 1 is 1.42 bits per heavy atom. The number of carboxylic acids is 1. The van der Waals surface area contributed by atoms with Crippen molar-refractivity contribution in [2.45, 2.75) is 26.3 Å². The van der Waals surface area contributed by atoms with Crippen molar-refractivity contribution in [2.75, 3.05) is 13.6 Å². The molecule has 0 aliphatic carbocycles. The van der Waals surface area contributed by atoms with E-state index >= 15 is 0 Å². The summed E-state index contributed by atoms with van der Waals surface area (Å²) in [7, 11) is 1.58. The first-order chi connectivity index (χ1) is 8.90. The van der Waals surface area contributed by atoms with E-state index in [-0.39, 0.29) is 25.0 Å². The van der Waals surface area contributed by atoms with Crippen LogP contribution in [-0.2, 0) is 4.79 Å². The second-order valence-electron chi connectivity index (χ2n) is 4.65. The van der Waals surface area contributed by atoms with Crippen molar-refractivity contribution >= 4 is 12.0 Å². The molecule has 0 heterocycles. The number of hydrogen-bond donors (Lipinski definition) is 2. The number of rotatable bonds is 5. The average molecular weight is 264 g/mol. The molecule has 5 heteroatoms. The largest absolute Gasteiger partial charge is 0.481 e. The minimum atomic E-state index is -0.911. The number of carbonyl (C=O) groups excluding carboxylic acids is 1. The molecule has 0 aromatic heterocycles. The fraction of sp³-hybridized carbons (Fsp3) is 0.429. The van der Waals surface area contributed by atoms with E-state index in [1.165, 1.54) is 4.90 Å². The summed E-state index contributed by atoms with van der Waals surface area (Å²) in [4.78, 5) is 23.7. The monoisotopic (exact) mass is 264 g/mol. The fourth-order valence-electron chi connectivity index (χ4n) is 1.68. The molecule has 5 nitrogen and oxygen atoms in total. The third kappa shape index (κ3) is 4.99. The molecular formula is C14H20N2O3. The maximum absolute atomic E-state index is 11.8. The smallest absolute Gasteiger partial charge is 0.317 e. The highest BCUT2D eigenvalue weighted by Gasteiger charge is 2.14. The topological polar surface area (TPSA) is 69.6 Å². The second-order valence-corrected chi connectivity index (χ2v) is 4.65. The Balaban J connectivity index is 2.54. The number of hydrogen-bond acceptors (Lipinski definition) is 2. The van der Waals surface area contributed by atoms with Gasteiger partial charge in [0.25, 0.3) is 0 Å². The van der Waals surface area contributed by atoms with E-state index in [9.17, 15) is 9.59 Å². The predicted octanol–water partition coefficient (Wildman–Crippen LogP) is 2.17. The van der Waals surface area contributed by atoms with Crippen molar-refractivity contribution in [3.63, 3.8) is 0 Å². The highest BCUT2D eigenvalue weighted by atomic mass is 16.4. The fourth-order valence-corrected chi connectivity index (χ4v) is 1.68. The van der Waals surface area contributed by atoms with Crippen LogP contribution in [0.1, 0.15) is 30.5 Å². The SMILES string of the molecule is Cc1cccc(C(C)NC(=O)N(C)CCC(=O)O)c1. The van der Waals surface area contributed by atoms with Crippen molar-refractivity contribution < 1.29 is 14.7 Å². The lowest BCUT2D eigenvalue weighted by molar-refractivity contribution is -0.137. The maximum Gasteiger partial charge on any atom is 0.317 e. The number of carbonyl (C=O) groups is 2. The number of benzene rings is 1. The van der Waals surface area contributed by atoms with E-state index in [1.807, 2.05) is 38.1 Å². The van der Waals surface area contributed by atoms with Gasteiger partial charge >= 0.3 is 12.0 Å². The highest BCUT2D eigenvalue weighted by molar-refractivity contribution is 5.75. The summed E-state index contributed by atoms with van der Waals surface area (Å²) in [5.41, 5.74) is 2.16. The summed E-state index contributed by atoms with van der Waals surface area (Å²) in [6.07, 6.45) is -0.0528. The standard InChI is InChI=1S/C14H20N2O3/c1-10-5-4-6-12(9-10)11(2)15-14(19)16(3)8-7-13(17)18/h4-6,9,11H,7-8H2,1-3H3,(H,15,19)(H,17,18). The summed E-state index contributed by atoms with van der Waals surface area (Å²) in [6.45, 7) is 4.09. The van der Waals surface area contributed by atoms with Crippen molar-refractivity contribution in [1.82, 2.24) is 10.2 Å². The Bertz CT molecular complexity index is 460. The van der Waals surface area contributed by atoms with E-state index in [2.05, 4.69) is 5.32 Å². The number of aliphatic carboxylic acids is 1. The Hall–Kier alpha value is -2.04. The number of urea groups is 1. The van der Waals surface area contributed by atoms with Gasteiger partial charge in [-0.25, -0.2) is 4.79 Å². The van der Waals surface area contributed by atoms with Crippen LogP contribution in [-0.4, -0.2) is 35.6 Å². The lowest BCUT2D eigenvalue weighted by Gasteiger charge is -2.21. The molecule has 0 radical (unpaired) electrons. The molecule has 1 atom stereocenters. The molecule has 1 rings (SSSR count). The van der Waals surface area contributed by atoms with Gasteiger partial charge < -0.3 is 15.3 Å². The van der Waals surface area contributed by atoms with Crippen molar-refractivity contribution in [2.24, 2.45) is 0 Å². The first-order valence-corrected chi connectivity index (χ1v) is 6.20. The van der Waals surface area contributed by atoms with E-state index in [4.69, 9.17) is 5.11 Å². The van der Waals surface area contributed by atoms with Gasteiger partial charge in [-0.1, -0.05) is 29.8 Å². The number of nitrogens with zero attached hydrogens (tertiary/aromatic N) is 1. The zero-order valence-corrected chi connectivity index (χ0v) is 11.5. The normalized spacial score (nSPS) is 11.7. The first-order valence-electron chi connectivity index (χ1n) is 6.20. The highest BCUT2D eigenvalue weighted by Crippen LogP contribution is 2.13. The molecule has 2 amide bonds. The van der Waals surface area contributed by atoms with Crippen molar-refractivity contribution in [3.05, 3.63) is 35.4 Å². The van der Waals surface area contributed by atoms with Crippen molar-refractivity contribution in [1.29, 1.82) is 0 Å². The lowest BCUT2D eigenvalue weighted by atomic mass is 10.1. The van der Waals surface area contributed by atoms with Gasteiger partial charge in [0.2, 0.25) is 0 Å². The summed E-state index contributed by atoms with van der Waals surface area (Å²) in [6, 6.07) is 7.53. The molecule has 0 saturated heterocycles. The van der Waals surface area contributed by atoms with Gasteiger partial charge in [-0.05, 0) is 19.4 Å². The molecule has 1 unspecified atom stereocenters. The van der Waals surface area contributed by atoms with Crippen molar-refractivity contribution in [3.8, 4) is 0 Å². The zero-order valence-electron chi connectivity index (χ0n) is 11.5. The van der Waals surface area contributed by atoms with Gasteiger partial charge in [-0.2, -0.15) is 0 Å². The minimum Gasteiger partial charge on any atom is -0.481 e. The van der Waals surface area contributed by atoms with Gasteiger partial charge in [0.05, 0.1) is 12.5 Å². The number of carboxylic acid groups (broad SMARTS) is 1. The van der Waals surface area contributed by atoms with Crippen LogP contribution >= 0.6 is 0 Å². The van der Waals surface area contributed by atoms with Gasteiger partial charge in [0.1, 0.15) is 0 Å². The Morgan fingerprint density at radius 3 is 2.68 bits per heavy atom. The zero-order chi connectivity index (χ0) is 14.4. The molecule has 1 aromatic carbocycles. The molecular weight excluding hydrogens is 244 g/mol. The van der Waals surface area contributed by atoms with Crippen LogP contribution in [0, 0.1) is 6.92 Å². The molecule has 1 aromatic rings. The van der Waals surface area contributed by atoms with Crippen LogP contribution in [0.4, 0.5) is 4.79 Å². The molecule has 0 saturated carbocycles. The summed E-state index contributed by atoms with van der Waals surface area (Å²) < 4.78 is 0. The summed E-state index contributed by atoms with van der Waals surface area (Å²) in [5, 5.41) is 11.4. The molecule has 0 bridgehead atoms.